The molecule has 0 bridgehead atoms. The average Bonchev–Trinajstić information content (AvgIpc) is 2.90. The Morgan fingerprint density at radius 3 is 1.57 bits per heavy atom. The number of hydrogen-bond donors (Lipinski definition) is 0. The minimum Gasteiger partial charge on any atom is -1.00 e. The van der Waals surface area contributed by atoms with Crippen molar-refractivity contribution in [2.75, 3.05) is 0 Å². The van der Waals surface area contributed by atoms with Gasteiger partial charge in [-0.25, -0.2) is 0 Å². The van der Waals surface area contributed by atoms with Gasteiger partial charge in [-0.3, -0.25) is 0 Å². The van der Waals surface area contributed by atoms with Gasteiger partial charge in [0, 0.05) is 0 Å². The van der Waals surface area contributed by atoms with Crippen molar-refractivity contribution in [2.24, 2.45) is 0 Å². The predicted octanol–water partition coefficient (Wildman–Crippen LogP) is -2.25. The van der Waals surface area contributed by atoms with Crippen LogP contribution in [-0.2, 0) is 20.4 Å². The van der Waals surface area contributed by atoms with Gasteiger partial charge < -0.3 is 37.2 Å². The van der Waals surface area contributed by atoms with E-state index in [2.05, 4.69) is 115 Å². The van der Waals surface area contributed by atoms with Crippen LogP contribution >= 0.6 is 0 Å². The minimum atomic E-state index is 0. The van der Waals surface area contributed by atoms with Gasteiger partial charge in [0.1, 0.15) is 0 Å². The molecule has 1 aliphatic rings. The Kier molecular flexibility index (Phi) is 9.93. The Morgan fingerprint density at radius 2 is 1.10 bits per heavy atom. The zero-order valence-electron chi connectivity index (χ0n) is 17.6. The molecule has 0 aromatic heterocycles. The molecule has 3 aromatic rings. The third kappa shape index (κ3) is 5.42. The van der Waals surface area contributed by atoms with Gasteiger partial charge in [-0.15, -0.1) is 0 Å². The predicted molar refractivity (Wildman–Crippen MR) is 111 cm³/mol. The van der Waals surface area contributed by atoms with Crippen molar-refractivity contribution in [3.8, 4) is 0 Å². The van der Waals surface area contributed by atoms with Crippen LogP contribution in [0, 0.1) is 27.7 Å². The van der Waals surface area contributed by atoms with Crippen molar-refractivity contribution in [2.45, 2.75) is 39.5 Å². The molecule has 0 saturated carbocycles. The summed E-state index contributed by atoms with van der Waals surface area (Å²) in [6, 6.07) is 22.9. The first-order chi connectivity index (χ1) is 12.9. The van der Waals surface area contributed by atoms with E-state index >= 15 is 0 Å². The maximum absolute atomic E-state index is 2.38. The maximum atomic E-state index is 2.38. The third-order valence-electron chi connectivity index (χ3n) is 5.52. The second-order valence-corrected chi connectivity index (χ2v) is 8.93. The standard InChI is InChI=1S/C26H25.3ClH.Ti/c1-17-11-18(2)14-22(13-17)26(23-15-19(3)12-20(4)16-23)25-10-9-21-7-5-6-8-24(21)25;;;;/h5-9,11-16,25-26H,1-4H3;3*1H;/q;;;;+3/p-3. The summed E-state index contributed by atoms with van der Waals surface area (Å²) in [5.41, 5.74) is 11.0. The fourth-order valence-corrected chi connectivity index (χ4v) is 5.41. The molecule has 1 unspecified atom stereocenters. The topological polar surface area (TPSA) is 0 Å². The first-order valence-corrected chi connectivity index (χ1v) is 10.4. The summed E-state index contributed by atoms with van der Waals surface area (Å²) in [6.07, 6.45) is 2.37. The zero-order valence-corrected chi connectivity index (χ0v) is 21.5. The molecular weight excluding hydrogens is 467 g/mol. The first-order valence-electron chi connectivity index (χ1n) is 9.61. The Morgan fingerprint density at radius 1 is 0.667 bits per heavy atom. The van der Waals surface area contributed by atoms with Crippen LogP contribution in [0.15, 0.2) is 64.5 Å². The molecule has 0 amide bonds. The molecule has 30 heavy (non-hydrogen) atoms. The van der Waals surface area contributed by atoms with Crippen LogP contribution in [0.4, 0.5) is 0 Å². The number of allylic oxidation sites excluding steroid dienone is 1. The van der Waals surface area contributed by atoms with Crippen molar-refractivity contribution in [1.82, 2.24) is 0 Å². The molecule has 0 saturated heterocycles. The molecule has 3 aromatic carbocycles. The van der Waals surface area contributed by atoms with E-state index in [0.717, 1.165) is 0 Å². The van der Waals surface area contributed by atoms with E-state index in [1.165, 1.54) is 48.4 Å². The van der Waals surface area contributed by atoms with Gasteiger partial charge in [0.2, 0.25) is 0 Å². The summed E-state index contributed by atoms with van der Waals surface area (Å²) < 4.78 is 1.46. The Balaban J connectivity index is 0.00000150. The van der Waals surface area contributed by atoms with Crippen molar-refractivity contribution in [3.05, 3.63) is 109 Å². The normalized spacial score (nSPS) is 14.2. The van der Waals surface area contributed by atoms with Crippen LogP contribution in [0.3, 0.4) is 0 Å². The van der Waals surface area contributed by atoms with Gasteiger partial charge in [0.05, 0.1) is 0 Å². The number of fused-ring (bicyclic) bond motifs is 1. The second-order valence-electron chi connectivity index (χ2n) is 8.03. The molecular formula is C26H25Cl3Ti. The van der Waals surface area contributed by atoms with Crippen LogP contribution < -0.4 is 37.2 Å². The summed E-state index contributed by atoms with van der Waals surface area (Å²) in [5.74, 6) is 0.727. The van der Waals surface area contributed by atoms with Gasteiger partial charge in [0.25, 0.3) is 0 Å². The van der Waals surface area contributed by atoms with Crippen molar-refractivity contribution in [3.63, 3.8) is 0 Å². The number of hydrogen-bond acceptors (Lipinski definition) is 0. The van der Waals surface area contributed by atoms with E-state index in [-0.39, 0.29) is 37.2 Å². The largest absolute Gasteiger partial charge is 1.00 e. The van der Waals surface area contributed by atoms with E-state index in [1.807, 2.05) is 0 Å². The summed E-state index contributed by atoms with van der Waals surface area (Å²) in [7, 11) is 0. The Hall–Kier alpha value is -1.02. The number of benzene rings is 3. The molecule has 0 aliphatic heterocycles. The smallest absolute Gasteiger partial charge is 1.00 e. The zero-order chi connectivity index (χ0) is 19.1. The third-order valence-corrected chi connectivity index (χ3v) is 6.23. The first kappa shape index (κ1) is 27.0. The molecule has 0 heterocycles. The maximum Gasteiger partial charge on any atom is -1.00 e. The number of halogens is 3. The van der Waals surface area contributed by atoms with Gasteiger partial charge in [-0.05, 0) is 0 Å². The molecule has 0 spiro atoms. The van der Waals surface area contributed by atoms with E-state index < -0.39 is 0 Å². The van der Waals surface area contributed by atoms with Crippen molar-refractivity contribution >= 4 is 6.08 Å². The van der Waals surface area contributed by atoms with E-state index in [4.69, 9.17) is 0 Å². The molecule has 1 aliphatic carbocycles. The molecule has 0 radical (unpaired) electrons. The summed E-state index contributed by atoms with van der Waals surface area (Å²) in [5, 5.41) is 0. The summed E-state index contributed by atoms with van der Waals surface area (Å²) in [4.78, 5) is 0. The van der Waals surface area contributed by atoms with Gasteiger partial charge in [-0.1, -0.05) is 0 Å². The van der Waals surface area contributed by atoms with Crippen LogP contribution in [0.5, 0.6) is 0 Å². The molecule has 154 valence electrons. The average molecular weight is 492 g/mol. The van der Waals surface area contributed by atoms with E-state index in [0.29, 0.717) is 11.8 Å². The molecule has 0 fully saturated rings. The molecule has 4 heteroatoms. The summed E-state index contributed by atoms with van der Waals surface area (Å²) in [6.45, 7) is 8.83. The van der Waals surface area contributed by atoms with Crippen molar-refractivity contribution in [1.29, 1.82) is 0 Å². The van der Waals surface area contributed by atoms with Crippen LogP contribution in [0.2, 0.25) is 0 Å². The summed E-state index contributed by atoms with van der Waals surface area (Å²) >= 11 is 2.29. The quantitative estimate of drug-likeness (QED) is 0.363. The van der Waals surface area contributed by atoms with Crippen LogP contribution in [0.25, 0.3) is 6.08 Å². The number of aryl methyl sites for hydroxylation is 4. The minimum absolute atomic E-state index is 0. The fraction of sp³-hybridized carbons (Fsp3) is 0.231. The fourth-order valence-electron chi connectivity index (χ4n) is 4.67. The Bertz CT molecular complexity index is 964. The van der Waals surface area contributed by atoms with Crippen LogP contribution in [0.1, 0.15) is 56.3 Å². The SMILES string of the molecule is Cc1cc(C)cc(C(c2cc(C)cc(C)c2)C2[C]([Ti+3])=Cc3ccccc32)c1.[Cl-].[Cl-].[Cl-]. The Labute approximate surface area is 211 Å². The molecule has 4 rings (SSSR count). The van der Waals surface area contributed by atoms with Gasteiger partial charge in [0.15, 0.2) is 0 Å². The number of rotatable bonds is 3. The van der Waals surface area contributed by atoms with Crippen LogP contribution in [-0.4, -0.2) is 0 Å². The second kappa shape index (κ2) is 11.0. The van der Waals surface area contributed by atoms with E-state index in [1.54, 1.807) is 0 Å². The van der Waals surface area contributed by atoms with Crippen molar-refractivity contribution < 1.29 is 57.7 Å². The molecule has 0 nitrogen and oxygen atoms in total. The molecule has 0 N–H and O–H groups in total. The van der Waals surface area contributed by atoms with Gasteiger partial charge in [-0.2, -0.15) is 0 Å². The van der Waals surface area contributed by atoms with E-state index in [9.17, 15) is 0 Å². The monoisotopic (exact) mass is 490 g/mol. The van der Waals surface area contributed by atoms with Gasteiger partial charge >= 0.3 is 175 Å². The molecule has 1 atom stereocenters.